The summed E-state index contributed by atoms with van der Waals surface area (Å²) >= 11 is 0. The number of aromatic nitrogens is 2. The molecule has 0 aromatic carbocycles. The summed E-state index contributed by atoms with van der Waals surface area (Å²) in [5, 5.41) is 3.04. The average molecular weight is 333 g/mol. The van der Waals surface area contributed by atoms with Gasteiger partial charge in [0.2, 0.25) is 5.95 Å². The van der Waals surface area contributed by atoms with Crippen molar-refractivity contribution in [1.29, 1.82) is 0 Å². The molecule has 0 radical (unpaired) electrons. The number of anilines is 1. The first kappa shape index (κ1) is 17.1. The highest BCUT2D eigenvalue weighted by Gasteiger charge is 2.35. The molecule has 1 amide bonds. The summed E-state index contributed by atoms with van der Waals surface area (Å²) in [5.41, 5.74) is -0.637. The molecule has 3 rings (SSSR count). The number of carbonyl (C=O) groups excluding carboxylic acids is 1. The Hall–Kier alpha value is -1.73. The number of rotatable bonds is 5. The Morgan fingerprint density at radius 3 is 2.67 bits per heavy atom. The van der Waals surface area contributed by atoms with Crippen LogP contribution in [0.2, 0.25) is 0 Å². The van der Waals surface area contributed by atoms with E-state index < -0.39 is 5.60 Å². The summed E-state index contributed by atoms with van der Waals surface area (Å²) < 4.78 is 5.69. The van der Waals surface area contributed by atoms with Crippen molar-refractivity contribution in [3.05, 3.63) is 18.5 Å². The highest BCUT2D eigenvalue weighted by atomic mass is 16.5. The maximum absolute atomic E-state index is 12.3. The third-order valence-electron chi connectivity index (χ3n) is 4.87. The summed E-state index contributed by atoms with van der Waals surface area (Å²) in [6.45, 7) is 7.87. The third kappa shape index (κ3) is 4.21. The van der Waals surface area contributed by atoms with Crippen molar-refractivity contribution in [3.63, 3.8) is 0 Å². The summed E-state index contributed by atoms with van der Waals surface area (Å²) in [7, 11) is 0. The van der Waals surface area contributed by atoms with Crippen molar-refractivity contribution in [2.24, 2.45) is 0 Å². The maximum atomic E-state index is 12.3. The van der Waals surface area contributed by atoms with E-state index in [0.29, 0.717) is 13.2 Å². The van der Waals surface area contributed by atoms with Gasteiger partial charge < -0.3 is 15.0 Å². The molecule has 7 nitrogen and oxygen atoms in total. The van der Waals surface area contributed by atoms with Gasteiger partial charge in [0.05, 0.1) is 0 Å². The van der Waals surface area contributed by atoms with E-state index in [9.17, 15) is 4.79 Å². The third-order valence-corrected chi connectivity index (χ3v) is 4.87. The number of nitrogens with zero attached hydrogens (tertiary/aromatic N) is 4. The van der Waals surface area contributed by atoms with Crippen LogP contribution in [0.5, 0.6) is 0 Å². The summed E-state index contributed by atoms with van der Waals surface area (Å²) in [6, 6.07) is 1.83. The summed E-state index contributed by atoms with van der Waals surface area (Å²) in [5.74, 6) is 0.825. The monoisotopic (exact) mass is 333 g/mol. The van der Waals surface area contributed by atoms with Gasteiger partial charge in [0.15, 0.2) is 0 Å². The minimum absolute atomic E-state index is 0.0264. The Kier molecular flexibility index (Phi) is 5.63. The van der Waals surface area contributed by atoms with E-state index in [1.807, 2.05) is 13.0 Å². The molecule has 132 valence electrons. The van der Waals surface area contributed by atoms with Crippen molar-refractivity contribution in [3.8, 4) is 0 Å². The number of piperazine rings is 1. The van der Waals surface area contributed by atoms with Crippen LogP contribution >= 0.6 is 0 Å². The van der Waals surface area contributed by atoms with E-state index in [4.69, 9.17) is 4.74 Å². The van der Waals surface area contributed by atoms with Gasteiger partial charge >= 0.3 is 0 Å². The van der Waals surface area contributed by atoms with Gasteiger partial charge in [-0.2, -0.15) is 0 Å². The Labute approximate surface area is 143 Å². The second kappa shape index (κ2) is 7.90. The number of ether oxygens (including phenoxy) is 1. The van der Waals surface area contributed by atoms with Crippen LogP contribution in [0.25, 0.3) is 0 Å². The number of carbonyl (C=O) groups is 1. The zero-order valence-corrected chi connectivity index (χ0v) is 14.4. The van der Waals surface area contributed by atoms with E-state index in [0.717, 1.165) is 57.9 Å². The van der Waals surface area contributed by atoms with Crippen LogP contribution in [0, 0.1) is 0 Å². The first-order valence-electron chi connectivity index (χ1n) is 8.84. The normalized spacial score (nSPS) is 25.5. The van der Waals surface area contributed by atoms with E-state index in [-0.39, 0.29) is 5.91 Å². The fourth-order valence-corrected chi connectivity index (χ4v) is 3.25. The van der Waals surface area contributed by atoms with Crippen molar-refractivity contribution in [2.75, 3.05) is 50.8 Å². The SMILES string of the molecule is C[C@]1(C(=O)NCCN2CCN(c3ncccn3)CC2)CCCCO1. The first-order valence-corrected chi connectivity index (χ1v) is 8.84. The van der Waals surface area contributed by atoms with Gasteiger partial charge in [-0.05, 0) is 32.3 Å². The lowest BCUT2D eigenvalue weighted by Gasteiger charge is -2.35. The smallest absolute Gasteiger partial charge is 0.252 e. The Morgan fingerprint density at radius 1 is 1.25 bits per heavy atom. The molecule has 2 fully saturated rings. The Morgan fingerprint density at radius 2 is 2.00 bits per heavy atom. The largest absolute Gasteiger partial charge is 0.365 e. The molecular formula is C17H27N5O2. The molecule has 1 aromatic heterocycles. The number of hydrogen-bond donors (Lipinski definition) is 1. The molecule has 3 heterocycles. The fraction of sp³-hybridized carbons (Fsp3) is 0.706. The molecular weight excluding hydrogens is 306 g/mol. The fourth-order valence-electron chi connectivity index (χ4n) is 3.25. The van der Waals surface area contributed by atoms with Crippen LogP contribution in [0.3, 0.4) is 0 Å². The minimum Gasteiger partial charge on any atom is -0.365 e. The zero-order valence-electron chi connectivity index (χ0n) is 14.4. The lowest BCUT2D eigenvalue weighted by atomic mass is 9.95. The van der Waals surface area contributed by atoms with Crippen LogP contribution in [-0.4, -0.2) is 72.3 Å². The van der Waals surface area contributed by atoms with Gasteiger partial charge in [0, 0.05) is 58.3 Å². The van der Waals surface area contributed by atoms with Gasteiger partial charge in [-0.25, -0.2) is 9.97 Å². The highest BCUT2D eigenvalue weighted by Crippen LogP contribution is 2.24. The lowest BCUT2D eigenvalue weighted by molar-refractivity contribution is -0.150. The maximum Gasteiger partial charge on any atom is 0.252 e. The van der Waals surface area contributed by atoms with Gasteiger partial charge in [0.25, 0.3) is 5.91 Å². The molecule has 0 bridgehead atoms. The van der Waals surface area contributed by atoms with Gasteiger partial charge in [-0.1, -0.05) is 0 Å². The van der Waals surface area contributed by atoms with E-state index in [2.05, 4.69) is 25.1 Å². The quantitative estimate of drug-likeness (QED) is 0.854. The van der Waals surface area contributed by atoms with Crippen LogP contribution in [0.15, 0.2) is 18.5 Å². The van der Waals surface area contributed by atoms with Gasteiger partial charge in [-0.15, -0.1) is 0 Å². The number of nitrogens with one attached hydrogen (secondary N) is 1. The number of amides is 1. The predicted octanol–water partition coefficient (Wildman–Crippen LogP) is 0.674. The molecule has 0 aliphatic carbocycles. The second-order valence-corrected chi connectivity index (χ2v) is 6.67. The molecule has 2 aliphatic rings. The van der Waals surface area contributed by atoms with Crippen molar-refractivity contribution in [2.45, 2.75) is 31.8 Å². The molecule has 2 saturated heterocycles. The van der Waals surface area contributed by atoms with E-state index in [1.165, 1.54) is 0 Å². The second-order valence-electron chi connectivity index (χ2n) is 6.67. The molecule has 7 heteroatoms. The van der Waals surface area contributed by atoms with Gasteiger partial charge in [-0.3, -0.25) is 9.69 Å². The predicted molar refractivity (Wildman–Crippen MR) is 91.9 cm³/mol. The molecule has 0 unspecified atom stereocenters. The number of hydrogen-bond acceptors (Lipinski definition) is 6. The standard InChI is InChI=1S/C17H27N5O2/c1-17(5-2-3-14-24-17)15(23)18-8-9-21-10-12-22(13-11-21)16-19-6-4-7-20-16/h4,6-7H,2-3,5,8-14H2,1H3,(H,18,23)/t17-/m1/s1. The Balaban J connectivity index is 1.37. The van der Waals surface area contributed by atoms with Crippen molar-refractivity contribution >= 4 is 11.9 Å². The van der Waals surface area contributed by atoms with Crippen molar-refractivity contribution < 1.29 is 9.53 Å². The van der Waals surface area contributed by atoms with Crippen molar-refractivity contribution in [1.82, 2.24) is 20.2 Å². The molecule has 24 heavy (non-hydrogen) atoms. The zero-order chi connectivity index (χ0) is 16.8. The highest BCUT2D eigenvalue weighted by molar-refractivity contribution is 5.84. The summed E-state index contributed by atoms with van der Waals surface area (Å²) in [4.78, 5) is 25.5. The molecule has 1 aromatic rings. The van der Waals surface area contributed by atoms with Crippen LogP contribution in [-0.2, 0) is 9.53 Å². The summed E-state index contributed by atoms with van der Waals surface area (Å²) in [6.07, 6.45) is 6.48. The minimum atomic E-state index is -0.637. The molecule has 0 spiro atoms. The topological polar surface area (TPSA) is 70.6 Å². The van der Waals surface area contributed by atoms with Crippen LogP contribution < -0.4 is 10.2 Å². The average Bonchev–Trinajstić information content (AvgIpc) is 2.63. The van der Waals surface area contributed by atoms with Gasteiger partial charge in [0.1, 0.15) is 5.60 Å². The lowest BCUT2D eigenvalue weighted by Crippen LogP contribution is -2.52. The molecule has 0 saturated carbocycles. The molecule has 1 atom stereocenters. The Bertz CT molecular complexity index is 525. The first-order chi connectivity index (χ1) is 11.7. The molecule has 2 aliphatic heterocycles. The molecule has 1 N–H and O–H groups in total. The van der Waals surface area contributed by atoms with E-state index >= 15 is 0 Å². The van der Waals surface area contributed by atoms with Crippen LogP contribution in [0.4, 0.5) is 5.95 Å². The van der Waals surface area contributed by atoms with E-state index in [1.54, 1.807) is 12.4 Å². The van der Waals surface area contributed by atoms with Crippen LogP contribution in [0.1, 0.15) is 26.2 Å².